The van der Waals surface area contributed by atoms with Crippen LogP contribution >= 0.6 is 11.8 Å². The Bertz CT molecular complexity index is 104. The first-order valence-electron chi connectivity index (χ1n) is 5.47. The molecule has 0 atom stereocenters. The average molecular weight is 219 g/mol. The number of nitrogens with zero attached hydrogens (tertiary/aromatic N) is 1. The summed E-state index contributed by atoms with van der Waals surface area (Å²) in [5, 5.41) is 0. The lowest BCUT2D eigenvalue weighted by Gasteiger charge is -2.09. The van der Waals surface area contributed by atoms with Crippen LogP contribution in [-0.2, 0) is 4.74 Å². The van der Waals surface area contributed by atoms with Crippen molar-refractivity contribution in [1.29, 1.82) is 0 Å². The van der Waals surface area contributed by atoms with Crippen molar-refractivity contribution in [3.63, 3.8) is 0 Å². The van der Waals surface area contributed by atoms with E-state index in [2.05, 4.69) is 32.8 Å². The highest BCUT2D eigenvalue weighted by Crippen LogP contribution is 2.05. The van der Waals surface area contributed by atoms with E-state index in [-0.39, 0.29) is 0 Å². The minimum Gasteiger partial charge on any atom is -0.379 e. The first-order chi connectivity index (χ1) is 6.63. The SMILES string of the molecule is CC(C)OCCCSCCCN(C)C. The molecule has 0 aliphatic rings. The van der Waals surface area contributed by atoms with Crippen molar-refractivity contribution in [3.8, 4) is 0 Å². The van der Waals surface area contributed by atoms with Gasteiger partial charge in [-0.05, 0) is 58.8 Å². The zero-order valence-electron chi connectivity index (χ0n) is 10.1. The minimum atomic E-state index is 0.383. The van der Waals surface area contributed by atoms with Crippen LogP contribution in [0.4, 0.5) is 0 Å². The number of rotatable bonds is 9. The fraction of sp³-hybridized carbons (Fsp3) is 1.00. The molecule has 0 saturated carbocycles. The predicted octanol–water partition coefficient (Wildman–Crippen LogP) is 2.49. The van der Waals surface area contributed by atoms with Gasteiger partial charge in [0.05, 0.1) is 6.10 Å². The van der Waals surface area contributed by atoms with Crippen LogP contribution in [-0.4, -0.2) is 49.8 Å². The van der Waals surface area contributed by atoms with Crippen LogP contribution in [0.1, 0.15) is 26.7 Å². The van der Waals surface area contributed by atoms with Gasteiger partial charge >= 0.3 is 0 Å². The van der Waals surface area contributed by atoms with Gasteiger partial charge in [-0.1, -0.05) is 0 Å². The number of hydrogen-bond donors (Lipinski definition) is 0. The van der Waals surface area contributed by atoms with Gasteiger partial charge in [-0.25, -0.2) is 0 Å². The monoisotopic (exact) mass is 219 g/mol. The summed E-state index contributed by atoms with van der Waals surface area (Å²) in [4.78, 5) is 2.24. The van der Waals surface area contributed by atoms with Crippen LogP contribution in [0.2, 0.25) is 0 Å². The molecule has 0 aliphatic carbocycles. The Labute approximate surface area is 93.4 Å². The first-order valence-corrected chi connectivity index (χ1v) is 6.62. The third kappa shape index (κ3) is 12.3. The molecule has 0 bridgehead atoms. The highest BCUT2D eigenvalue weighted by Gasteiger charge is 1.94. The first kappa shape index (κ1) is 14.3. The van der Waals surface area contributed by atoms with E-state index >= 15 is 0 Å². The van der Waals surface area contributed by atoms with Crippen molar-refractivity contribution < 1.29 is 4.74 Å². The molecule has 0 aliphatic heterocycles. The summed E-state index contributed by atoms with van der Waals surface area (Å²) in [7, 11) is 4.25. The largest absolute Gasteiger partial charge is 0.379 e. The van der Waals surface area contributed by atoms with E-state index in [9.17, 15) is 0 Å². The normalized spacial score (nSPS) is 11.6. The number of hydrogen-bond acceptors (Lipinski definition) is 3. The van der Waals surface area contributed by atoms with Crippen molar-refractivity contribution in [1.82, 2.24) is 4.90 Å². The zero-order chi connectivity index (χ0) is 10.8. The van der Waals surface area contributed by atoms with Gasteiger partial charge < -0.3 is 9.64 Å². The molecule has 0 radical (unpaired) electrons. The molecular weight excluding hydrogens is 194 g/mol. The van der Waals surface area contributed by atoms with Gasteiger partial charge in [0.2, 0.25) is 0 Å². The van der Waals surface area contributed by atoms with Crippen molar-refractivity contribution in [2.24, 2.45) is 0 Å². The van der Waals surface area contributed by atoms with Crippen molar-refractivity contribution >= 4 is 11.8 Å². The van der Waals surface area contributed by atoms with Gasteiger partial charge in [-0.2, -0.15) is 11.8 Å². The van der Waals surface area contributed by atoms with Crippen LogP contribution in [0.25, 0.3) is 0 Å². The molecule has 0 heterocycles. The van der Waals surface area contributed by atoms with Crippen LogP contribution in [0.5, 0.6) is 0 Å². The molecular formula is C11H25NOS. The van der Waals surface area contributed by atoms with Crippen molar-refractivity contribution in [2.75, 3.05) is 38.8 Å². The molecule has 0 N–H and O–H groups in total. The van der Waals surface area contributed by atoms with Crippen LogP contribution in [0.3, 0.4) is 0 Å². The Kier molecular flexibility index (Phi) is 10.0. The molecule has 0 amide bonds. The minimum absolute atomic E-state index is 0.383. The highest BCUT2D eigenvalue weighted by atomic mass is 32.2. The maximum Gasteiger partial charge on any atom is 0.0518 e. The Balaban J connectivity index is 2.92. The molecule has 0 rings (SSSR count). The summed E-state index contributed by atoms with van der Waals surface area (Å²) in [6, 6.07) is 0. The van der Waals surface area contributed by atoms with Gasteiger partial charge in [-0.15, -0.1) is 0 Å². The second kappa shape index (κ2) is 9.81. The molecule has 2 nitrogen and oxygen atoms in total. The Morgan fingerprint density at radius 3 is 2.36 bits per heavy atom. The summed E-state index contributed by atoms with van der Waals surface area (Å²) in [6.07, 6.45) is 2.86. The van der Waals surface area contributed by atoms with E-state index in [0.717, 1.165) is 6.61 Å². The third-order valence-corrected chi connectivity index (χ3v) is 2.93. The van der Waals surface area contributed by atoms with Crippen molar-refractivity contribution in [2.45, 2.75) is 32.8 Å². The number of thioether (sulfide) groups is 1. The smallest absolute Gasteiger partial charge is 0.0518 e. The topological polar surface area (TPSA) is 12.5 Å². The molecule has 0 fully saturated rings. The molecule has 0 aromatic carbocycles. The quantitative estimate of drug-likeness (QED) is 0.553. The van der Waals surface area contributed by atoms with Gasteiger partial charge in [0.25, 0.3) is 0 Å². The standard InChI is InChI=1S/C11H25NOS/c1-11(2)13-8-6-10-14-9-5-7-12(3)4/h11H,5-10H2,1-4H3. The highest BCUT2D eigenvalue weighted by molar-refractivity contribution is 7.99. The van der Waals surface area contributed by atoms with Gasteiger partial charge in [0, 0.05) is 6.61 Å². The maximum atomic E-state index is 5.47. The Morgan fingerprint density at radius 2 is 1.79 bits per heavy atom. The molecule has 0 saturated heterocycles. The molecule has 86 valence electrons. The Morgan fingerprint density at radius 1 is 1.14 bits per heavy atom. The lowest BCUT2D eigenvalue weighted by atomic mass is 10.4. The predicted molar refractivity (Wildman–Crippen MR) is 66.2 cm³/mol. The van der Waals surface area contributed by atoms with Crippen molar-refractivity contribution in [3.05, 3.63) is 0 Å². The van der Waals surface area contributed by atoms with Gasteiger partial charge in [0.1, 0.15) is 0 Å². The van der Waals surface area contributed by atoms with Crippen LogP contribution in [0.15, 0.2) is 0 Å². The molecule has 0 spiro atoms. The Hall–Kier alpha value is 0.270. The fourth-order valence-corrected chi connectivity index (χ4v) is 1.92. The lowest BCUT2D eigenvalue weighted by molar-refractivity contribution is 0.0800. The van der Waals surface area contributed by atoms with Crippen LogP contribution < -0.4 is 0 Å². The summed E-state index contributed by atoms with van der Waals surface area (Å²) in [5.74, 6) is 2.51. The average Bonchev–Trinajstić information content (AvgIpc) is 2.08. The van der Waals surface area contributed by atoms with E-state index in [0.29, 0.717) is 6.10 Å². The summed E-state index contributed by atoms with van der Waals surface area (Å²) in [5.41, 5.74) is 0. The lowest BCUT2D eigenvalue weighted by Crippen LogP contribution is -2.13. The van der Waals surface area contributed by atoms with E-state index in [4.69, 9.17) is 4.74 Å². The number of ether oxygens (including phenoxy) is 1. The van der Waals surface area contributed by atoms with Gasteiger partial charge in [-0.3, -0.25) is 0 Å². The van der Waals surface area contributed by atoms with Crippen LogP contribution in [0, 0.1) is 0 Å². The second-order valence-corrected chi connectivity index (χ2v) is 5.27. The fourth-order valence-electron chi connectivity index (χ4n) is 1.06. The molecule has 0 aromatic rings. The summed E-state index contributed by atoms with van der Waals surface area (Å²) >= 11 is 2.04. The summed E-state index contributed by atoms with van der Waals surface area (Å²) in [6.45, 7) is 6.29. The summed E-state index contributed by atoms with van der Waals surface area (Å²) < 4.78 is 5.47. The van der Waals surface area contributed by atoms with E-state index in [1.54, 1.807) is 0 Å². The molecule has 3 heteroatoms. The van der Waals surface area contributed by atoms with Gasteiger partial charge in [0.15, 0.2) is 0 Å². The molecule has 0 unspecified atom stereocenters. The molecule has 14 heavy (non-hydrogen) atoms. The van der Waals surface area contributed by atoms with E-state index < -0.39 is 0 Å². The van der Waals surface area contributed by atoms with E-state index in [1.807, 2.05) is 11.8 Å². The second-order valence-electron chi connectivity index (χ2n) is 4.04. The van der Waals surface area contributed by atoms with E-state index in [1.165, 1.54) is 30.9 Å². The molecule has 0 aromatic heterocycles. The zero-order valence-corrected chi connectivity index (χ0v) is 10.9. The maximum absolute atomic E-state index is 5.47. The third-order valence-electron chi connectivity index (χ3n) is 1.78.